The minimum Gasteiger partial charge on any atom is -0.391 e. The summed E-state index contributed by atoms with van der Waals surface area (Å²) < 4.78 is 5.37. The summed E-state index contributed by atoms with van der Waals surface area (Å²) >= 11 is 0. The highest BCUT2D eigenvalue weighted by Gasteiger charge is 2.49. The molecule has 3 aliphatic rings. The monoisotopic (exact) mass is 423 g/mol. The molecule has 2 aromatic rings. The fraction of sp³-hybridized carbons (Fsp3) is 0.542. The normalized spacial score (nSPS) is 23.4. The number of carbonyl (C=O) groups excluding carboxylic acids is 2. The maximum Gasteiger partial charge on any atom is 0.259 e. The average Bonchev–Trinajstić information content (AvgIpc) is 3.51. The van der Waals surface area contributed by atoms with Crippen LogP contribution in [0.3, 0.4) is 0 Å². The standard InChI is InChI=1S/C24H29N3O4/c1-16-20(21(25-31-16)18-5-3-2-4-6-18)22(29)26-11-9-24(10-12-26)13-19(28)15-27(23(24)30)14-17-7-8-17/h2-6,17,19,28H,7-15H2,1H3. The van der Waals surface area contributed by atoms with Gasteiger partial charge in [-0.05, 0) is 44.9 Å². The van der Waals surface area contributed by atoms with E-state index in [1.165, 1.54) is 12.8 Å². The van der Waals surface area contributed by atoms with Crippen LogP contribution in [0.15, 0.2) is 34.9 Å². The average molecular weight is 424 g/mol. The Morgan fingerprint density at radius 3 is 2.61 bits per heavy atom. The summed E-state index contributed by atoms with van der Waals surface area (Å²) in [5.74, 6) is 1.17. The van der Waals surface area contributed by atoms with Crippen LogP contribution in [0.4, 0.5) is 0 Å². The van der Waals surface area contributed by atoms with Gasteiger partial charge in [0.25, 0.3) is 5.91 Å². The topological polar surface area (TPSA) is 86.9 Å². The number of benzene rings is 1. The third-order valence-corrected chi connectivity index (χ3v) is 7.11. The van der Waals surface area contributed by atoms with Crippen LogP contribution in [0.5, 0.6) is 0 Å². The number of nitrogens with zero attached hydrogens (tertiary/aromatic N) is 3. The second-order valence-corrected chi connectivity index (χ2v) is 9.41. The Labute approximate surface area is 182 Å². The number of aliphatic hydroxyl groups is 1. The Morgan fingerprint density at radius 1 is 1.23 bits per heavy atom. The number of aromatic nitrogens is 1. The highest BCUT2D eigenvalue weighted by Crippen LogP contribution is 2.43. The molecule has 2 aliphatic heterocycles. The first-order valence-corrected chi connectivity index (χ1v) is 11.3. The molecule has 1 spiro atoms. The van der Waals surface area contributed by atoms with E-state index in [0.29, 0.717) is 61.8 Å². The Balaban J connectivity index is 1.32. The third-order valence-electron chi connectivity index (χ3n) is 7.11. The molecular formula is C24H29N3O4. The lowest BCUT2D eigenvalue weighted by Crippen LogP contribution is -2.58. The molecular weight excluding hydrogens is 394 g/mol. The van der Waals surface area contributed by atoms with Gasteiger partial charge in [-0.25, -0.2) is 0 Å². The maximum absolute atomic E-state index is 13.4. The summed E-state index contributed by atoms with van der Waals surface area (Å²) in [6.07, 6.45) is 3.54. The summed E-state index contributed by atoms with van der Waals surface area (Å²) in [5.41, 5.74) is 1.35. The smallest absolute Gasteiger partial charge is 0.259 e. The van der Waals surface area contributed by atoms with E-state index in [0.717, 1.165) is 12.1 Å². The SMILES string of the molecule is Cc1onc(-c2ccccc2)c1C(=O)N1CCC2(CC1)CC(O)CN(CC1CC1)C2=O. The molecule has 1 aliphatic carbocycles. The molecule has 1 atom stereocenters. The van der Waals surface area contributed by atoms with Gasteiger partial charge in [0.1, 0.15) is 17.0 Å². The van der Waals surface area contributed by atoms with Crippen molar-refractivity contribution in [2.24, 2.45) is 11.3 Å². The van der Waals surface area contributed by atoms with Gasteiger partial charge in [-0.15, -0.1) is 0 Å². The van der Waals surface area contributed by atoms with Crippen molar-refractivity contribution in [3.05, 3.63) is 41.7 Å². The molecule has 5 rings (SSSR count). The summed E-state index contributed by atoms with van der Waals surface area (Å²) in [7, 11) is 0. The number of aliphatic hydroxyl groups excluding tert-OH is 1. The van der Waals surface area contributed by atoms with Crippen molar-refractivity contribution in [3.63, 3.8) is 0 Å². The number of likely N-dealkylation sites (tertiary alicyclic amines) is 2. The van der Waals surface area contributed by atoms with Crippen LogP contribution in [0, 0.1) is 18.3 Å². The number of rotatable bonds is 4. The molecule has 1 aromatic carbocycles. The number of carbonyl (C=O) groups is 2. The first-order valence-electron chi connectivity index (χ1n) is 11.3. The van der Waals surface area contributed by atoms with Crippen LogP contribution in [0.25, 0.3) is 11.3 Å². The van der Waals surface area contributed by atoms with Crippen molar-refractivity contribution >= 4 is 11.8 Å². The van der Waals surface area contributed by atoms with Crippen LogP contribution in [0.2, 0.25) is 0 Å². The van der Waals surface area contributed by atoms with Gasteiger partial charge in [-0.3, -0.25) is 9.59 Å². The number of hydrogen-bond donors (Lipinski definition) is 1. The van der Waals surface area contributed by atoms with Crippen molar-refractivity contribution in [1.29, 1.82) is 0 Å². The van der Waals surface area contributed by atoms with E-state index in [1.807, 2.05) is 35.2 Å². The van der Waals surface area contributed by atoms with E-state index in [2.05, 4.69) is 5.16 Å². The minimum atomic E-state index is -0.546. The van der Waals surface area contributed by atoms with Crippen LogP contribution in [-0.4, -0.2) is 64.2 Å². The molecule has 2 saturated heterocycles. The Morgan fingerprint density at radius 2 is 1.94 bits per heavy atom. The lowest BCUT2D eigenvalue weighted by molar-refractivity contribution is -0.156. The van der Waals surface area contributed by atoms with Crippen LogP contribution >= 0.6 is 0 Å². The van der Waals surface area contributed by atoms with Gasteiger partial charge >= 0.3 is 0 Å². The molecule has 2 amide bonds. The molecule has 0 radical (unpaired) electrons. The van der Waals surface area contributed by atoms with Crippen molar-refractivity contribution in [2.75, 3.05) is 26.2 Å². The molecule has 1 unspecified atom stereocenters. The molecule has 1 N–H and O–H groups in total. The number of amides is 2. The summed E-state index contributed by atoms with van der Waals surface area (Å²) in [6, 6.07) is 9.56. The Bertz CT molecular complexity index is 972. The van der Waals surface area contributed by atoms with E-state index < -0.39 is 11.5 Å². The molecule has 3 heterocycles. The second-order valence-electron chi connectivity index (χ2n) is 9.41. The van der Waals surface area contributed by atoms with E-state index in [1.54, 1.807) is 11.8 Å². The van der Waals surface area contributed by atoms with E-state index >= 15 is 0 Å². The molecule has 31 heavy (non-hydrogen) atoms. The summed E-state index contributed by atoms with van der Waals surface area (Å²) in [5, 5.41) is 14.6. The lowest BCUT2D eigenvalue weighted by Gasteiger charge is -2.48. The highest BCUT2D eigenvalue weighted by molar-refractivity contribution is 6.01. The summed E-state index contributed by atoms with van der Waals surface area (Å²) in [4.78, 5) is 30.4. The van der Waals surface area contributed by atoms with Crippen molar-refractivity contribution in [1.82, 2.24) is 15.0 Å². The minimum absolute atomic E-state index is 0.105. The fourth-order valence-corrected chi connectivity index (χ4v) is 5.18. The maximum atomic E-state index is 13.4. The van der Waals surface area contributed by atoms with Crippen LogP contribution in [-0.2, 0) is 4.79 Å². The van der Waals surface area contributed by atoms with Gasteiger partial charge in [-0.2, -0.15) is 0 Å². The molecule has 0 bridgehead atoms. The number of piperidine rings is 2. The Hall–Kier alpha value is -2.67. The predicted molar refractivity (Wildman–Crippen MR) is 114 cm³/mol. The molecule has 3 fully saturated rings. The summed E-state index contributed by atoms with van der Waals surface area (Å²) in [6.45, 7) is 3.95. The zero-order chi connectivity index (χ0) is 21.6. The van der Waals surface area contributed by atoms with Gasteiger partial charge in [0.05, 0.1) is 11.5 Å². The number of hydrogen-bond acceptors (Lipinski definition) is 5. The number of β-amino-alcohol motifs (C(OH)–C–C–N with tert-alkyl or cyclic N) is 1. The zero-order valence-corrected chi connectivity index (χ0v) is 17.9. The van der Waals surface area contributed by atoms with E-state index in [9.17, 15) is 14.7 Å². The van der Waals surface area contributed by atoms with E-state index in [4.69, 9.17) is 4.52 Å². The van der Waals surface area contributed by atoms with Gasteiger partial charge in [-0.1, -0.05) is 35.5 Å². The van der Waals surface area contributed by atoms with Crippen LogP contribution < -0.4 is 0 Å². The first kappa shape index (κ1) is 20.2. The second kappa shape index (κ2) is 7.79. The molecule has 1 saturated carbocycles. The molecule has 7 nitrogen and oxygen atoms in total. The van der Waals surface area contributed by atoms with Crippen molar-refractivity contribution in [3.8, 4) is 11.3 Å². The molecule has 164 valence electrons. The highest BCUT2D eigenvalue weighted by atomic mass is 16.5. The third kappa shape index (κ3) is 3.76. The predicted octanol–water partition coefficient (Wildman–Crippen LogP) is 2.88. The zero-order valence-electron chi connectivity index (χ0n) is 17.9. The molecule has 1 aromatic heterocycles. The van der Waals surface area contributed by atoms with Gasteiger partial charge in [0, 0.05) is 31.7 Å². The number of aryl methyl sites for hydroxylation is 1. The largest absolute Gasteiger partial charge is 0.391 e. The van der Waals surface area contributed by atoms with Crippen molar-refractivity contribution < 1.29 is 19.2 Å². The lowest BCUT2D eigenvalue weighted by atomic mass is 9.70. The molecule has 7 heteroatoms. The van der Waals surface area contributed by atoms with Crippen molar-refractivity contribution in [2.45, 2.75) is 45.1 Å². The fourth-order valence-electron chi connectivity index (χ4n) is 5.18. The van der Waals surface area contributed by atoms with Crippen LogP contribution in [0.1, 0.15) is 48.2 Å². The van der Waals surface area contributed by atoms with Gasteiger partial charge < -0.3 is 19.4 Å². The van der Waals surface area contributed by atoms with Gasteiger partial charge in [0.15, 0.2) is 0 Å². The first-order chi connectivity index (χ1) is 15.0. The quantitative estimate of drug-likeness (QED) is 0.817. The van der Waals surface area contributed by atoms with Gasteiger partial charge in [0.2, 0.25) is 5.91 Å². The van der Waals surface area contributed by atoms with E-state index in [-0.39, 0.29) is 11.8 Å². The Kier molecular flexibility index (Phi) is 5.08.